The van der Waals surface area contributed by atoms with Crippen LogP contribution in [0.4, 0.5) is 0 Å². The highest BCUT2D eigenvalue weighted by Crippen LogP contribution is 2.36. The first-order chi connectivity index (χ1) is 9.36. The van der Waals surface area contributed by atoms with E-state index in [1.807, 2.05) is 4.90 Å². The summed E-state index contributed by atoms with van der Waals surface area (Å²) < 4.78 is 31.7. The van der Waals surface area contributed by atoms with E-state index in [2.05, 4.69) is 4.72 Å². The van der Waals surface area contributed by atoms with Crippen LogP contribution in [-0.4, -0.2) is 56.3 Å². The number of amides is 1. The van der Waals surface area contributed by atoms with Gasteiger partial charge < -0.3 is 9.64 Å². The van der Waals surface area contributed by atoms with Crippen molar-refractivity contribution in [3.63, 3.8) is 0 Å². The summed E-state index contributed by atoms with van der Waals surface area (Å²) in [5.74, 6) is 0.169. The highest BCUT2D eigenvalue weighted by molar-refractivity contribution is 7.89. The fourth-order valence-electron chi connectivity index (χ4n) is 3.00. The molecule has 7 heteroatoms. The average molecular weight is 304 g/mol. The van der Waals surface area contributed by atoms with Gasteiger partial charge in [0.1, 0.15) is 0 Å². The Morgan fingerprint density at radius 3 is 2.80 bits per heavy atom. The second-order valence-electron chi connectivity index (χ2n) is 5.76. The highest BCUT2D eigenvalue weighted by Gasteiger charge is 2.43. The predicted octanol–water partition coefficient (Wildman–Crippen LogP) is 0.486. The van der Waals surface area contributed by atoms with Crippen LogP contribution in [0, 0.1) is 0 Å². The third-order valence-corrected chi connectivity index (χ3v) is 5.61. The SMILES string of the molecule is CCS(=O)(=O)NC[C@H]1CCC[C@]2(CCN(C(C)=O)C2)O1. The minimum atomic E-state index is -3.17. The van der Waals surface area contributed by atoms with Crippen molar-refractivity contribution in [2.45, 2.75) is 51.2 Å². The predicted molar refractivity (Wildman–Crippen MR) is 75.8 cm³/mol. The minimum absolute atomic E-state index is 0.0827. The number of ether oxygens (including phenoxy) is 1. The zero-order valence-electron chi connectivity index (χ0n) is 12.2. The first kappa shape index (κ1) is 15.7. The summed E-state index contributed by atoms with van der Waals surface area (Å²) in [6.45, 7) is 4.90. The summed E-state index contributed by atoms with van der Waals surface area (Å²) in [7, 11) is -3.17. The molecule has 2 heterocycles. The molecule has 2 aliphatic heterocycles. The second kappa shape index (κ2) is 5.99. The molecule has 2 rings (SSSR count). The van der Waals surface area contributed by atoms with Crippen LogP contribution in [-0.2, 0) is 19.6 Å². The molecule has 0 saturated carbocycles. The Hall–Kier alpha value is -0.660. The van der Waals surface area contributed by atoms with Gasteiger partial charge in [0.15, 0.2) is 0 Å². The lowest BCUT2D eigenvalue weighted by Gasteiger charge is -2.38. The van der Waals surface area contributed by atoms with Gasteiger partial charge in [-0.25, -0.2) is 13.1 Å². The number of carbonyl (C=O) groups is 1. The van der Waals surface area contributed by atoms with Crippen LogP contribution in [0.15, 0.2) is 0 Å². The van der Waals surface area contributed by atoms with Gasteiger partial charge in [0.2, 0.25) is 15.9 Å². The number of nitrogens with one attached hydrogen (secondary N) is 1. The molecule has 0 unspecified atom stereocenters. The standard InChI is InChI=1S/C13H24N2O4S/c1-3-20(17,18)14-9-12-5-4-6-13(19-12)7-8-15(10-13)11(2)16/h12,14H,3-10H2,1-2H3/t12-,13-/m1/s1. The van der Waals surface area contributed by atoms with Gasteiger partial charge in [-0.3, -0.25) is 4.79 Å². The molecule has 2 fully saturated rings. The van der Waals surface area contributed by atoms with E-state index in [1.54, 1.807) is 13.8 Å². The molecular formula is C13H24N2O4S. The maximum Gasteiger partial charge on any atom is 0.219 e. The molecule has 0 aromatic rings. The Kier molecular flexibility index (Phi) is 4.71. The van der Waals surface area contributed by atoms with Crippen LogP contribution in [0.1, 0.15) is 39.5 Å². The molecule has 2 saturated heterocycles. The molecular weight excluding hydrogens is 280 g/mol. The average Bonchev–Trinajstić information content (AvgIpc) is 2.81. The van der Waals surface area contributed by atoms with Crippen LogP contribution in [0.3, 0.4) is 0 Å². The summed E-state index contributed by atoms with van der Waals surface area (Å²) >= 11 is 0. The summed E-state index contributed by atoms with van der Waals surface area (Å²) in [5, 5.41) is 0. The van der Waals surface area contributed by atoms with Crippen molar-refractivity contribution >= 4 is 15.9 Å². The fraction of sp³-hybridized carbons (Fsp3) is 0.923. The third-order valence-electron chi connectivity index (χ3n) is 4.25. The van der Waals surface area contributed by atoms with Crippen molar-refractivity contribution in [1.29, 1.82) is 0 Å². The van der Waals surface area contributed by atoms with Crippen molar-refractivity contribution in [1.82, 2.24) is 9.62 Å². The van der Waals surface area contributed by atoms with Gasteiger partial charge in [0.05, 0.1) is 17.5 Å². The number of likely N-dealkylation sites (tertiary alicyclic amines) is 1. The number of rotatable bonds is 4. The molecule has 0 aliphatic carbocycles. The van der Waals surface area contributed by atoms with Crippen molar-refractivity contribution in [2.75, 3.05) is 25.4 Å². The molecule has 116 valence electrons. The zero-order valence-corrected chi connectivity index (χ0v) is 13.0. The number of sulfonamides is 1. The minimum Gasteiger partial charge on any atom is -0.368 e. The highest BCUT2D eigenvalue weighted by atomic mass is 32.2. The van der Waals surface area contributed by atoms with Crippen LogP contribution >= 0.6 is 0 Å². The molecule has 0 aromatic heterocycles. The van der Waals surface area contributed by atoms with E-state index in [-0.39, 0.29) is 23.4 Å². The maximum atomic E-state index is 11.5. The van der Waals surface area contributed by atoms with Crippen LogP contribution in [0.5, 0.6) is 0 Å². The van der Waals surface area contributed by atoms with Gasteiger partial charge in [0.25, 0.3) is 0 Å². The summed E-state index contributed by atoms with van der Waals surface area (Å²) in [4.78, 5) is 13.2. The molecule has 1 N–H and O–H groups in total. The molecule has 0 bridgehead atoms. The Bertz CT molecular complexity index is 465. The molecule has 2 atom stereocenters. The summed E-state index contributed by atoms with van der Waals surface area (Å²) in [6, 6.07) is 0. The van der Waals surface area contributed by atoms with Crippen molar-refractivity contribution in [3.05, 3.63) is 0 Å². The van der Waals surface area contributed by atoms with E-state index >= 15 is 0 Å². The lowest BCUT2D eigenvalue weighted by molar-refractivity contribution is -0.135. The van der Waals surface area contributed by atoms with Gasteiger partial charge in [-0.05, 0) is 32.6 Å². The van der Waals surface area contributed by atoms with Crippen molar-refractivity contribution < 1.29 is 17.9 Å². The first-order valence-electron chi connectivity index (χ1n) is 7.26. The van der Waals surface area contributed by atoms with Gasteiger partial charge in [0, 0.05) is 26.6 Å². The number of carbonyl (C=O) groups excluding carboxylic acids is 1. The molecule has 1 amide bonds. The topological polar surface area (TPSA) is 75.7 Å². The Balaban J connectivity index is 1.91. The first-order valence-corrected chi connectivity index (χ1v) is 8.92. The maximum absolute atomic E-state index is 11.5. The fourth-order valence-corrected chi connectivity index (χ4v) is 3.65. The summed E-state index contributed by atoms with van der Waals surface area (Å²) in [6.07, 6.45) is 3.60. The van der Waals surface area contributed by atoms with E-state index in [4.69, 9.17) is 4.74 Å². The molecule has 0 radical (unpaired) electrons. The van der Waals surface area contributed by atoms with Gasteiger partial charge in [-0.15, -0.1) is 0 Å². The Labute approximate surface area is 120 Å². The van der Waals surface area contributed by atoms with Crippen molar-refractivity contribution in [3.8, 4) is 0 Å². The molecule has 1 spiro atoms. The van der Waals surface area contributed by atoms with Crippen molar-refractivity contribution in [2.24, 2.45) is 0 Å². The Morgan fingerprint density at radius 2 is 2.20 bits per heavy atom. The van der Waals surface area contributed by atoms with Crippen LogP contribution in [0.25, 0.3) is 0 Å². The monoisotopic (exact) mass is 304 g/mol. The normalized spacial score (nSPS) is 30.9. The zero-order chi connectivity index (χ0) is 14.8. The third kappa shape index (κ3) is 3.71. The largest absolute Gasteiger partial charge is 0.368 e. The van der Waals surface area contributed by atoms with Gasteiger partial charge >= 0.3 is 0 Å². The smallest absolute Gasteiger partial charge is 0.219 e. The molecule has 0 aromatic carbocycles. The number of hydrogen-bond acceptors (Lipinski definition) is 4. The summed E-state index contributed by atoms with van der Waals surface area (Å²) in [5.41, 5.74) is -0.258. The van der Waals surface area contributed by atoms with E-state index in [1.165, 1.54) is 0 Å². The van der Waals surface area contributed by atoms with Gasteiger partial charge in [-0.1, -0.05) is 0 Å². The lowest BCUT2D eigenvalue weighted by Crippen LogP contribution is -2.47. The quantitative estimate of drug-likeness (QED) is 0.820. The molecule has 6 nitrogen and oxygen atoms in total. The van der Waals surface area contributed by atoms with E-state index < -0.39 is 10.0 Å². The number of hydrogen-bond donors (Lipinski definition) is 1. The van der Waals surface area contributed by atoms with Crippen LogP contribution in [0.2, 0.25) is 0 Å². The lowest BCUT2D eigenvalue weighted by atomic mass is 9.90. The second-order valence-corrected chi connectivity index (χ2v) is 7.85. The number of nitrogens with zero attached hydrogens (tertiary/aromatic N) is 1. The molecule has 2 aliphatic rings. The molecule has 20 heavy (non-hydrogen) atoms. The van der Waals surface area contributed by atoms with E-state index in [0.717, 1.165) is 32.2 Å². The van der Waals surface area contributed by atoms with E-state index in [9.17, 15) is 13.2 Å². The van der Waals surface area contributed by atoms with E-state index in [0.29, 0.717) is 13.1 Å². The van der Waals surface area contributed by atoms with Gasteiger partial charge in [-0.2, -0.15) is 0 Å². The Morgan fingerprint density at radius 1 is 1.45 bits per heavy atom. The van der Waals surface area contributed by atoms with Crippen LogP contribution < -0.4 is 4.72 Å².